The minimum absolute atomic E-state index is 0.0197. The fourth-order valence-electron chi connectivity index (χ4n) is 4.05. The van der Waals surface area contributed by atoms with Crippen LogP contribution in [0.1, 0.15) is 36.0 Å². The van der Waals surface area contributed by atoms with Crippen LogP contribution in [-0.2, 0) is 4.79 Å². The molecule has 2 aromatic carbocycles. The number of nitrogens with zero attached hydrogens (tertiary/aromatic N) is 3. The molecule has 0 aliphatic heterocycles. The van der Waals surface area contributed by atoms with Crippen LogP contribution in [0.25, 0.3) is 10.9 Å². The van der Waals surface area contributed by atoms with Crippen molar-refractivity contribution in [1.29, 1.82) is 0 Å². The van der Waals surface area contributed by atoms with Crippen LogP contribution in [-0.4, -0.2) is 43.0 Å². The second-order valence-corrected chi connectivity index (χ2v) is 8.96. The number of nitrogens with one attached hydrogen (secondary N) is 2. The molecule has 0 saturated heterocycles. The zero-order chi connectivity index (χ0) is 25.3. The maximum absolute atomic E-state index is 13.2. The van der Waals surface area contributed by atoms with E-state index in [0.717, 1.165) is 12.1 Å². The van der Waals surface area contributed by atoms with Gasteiger partial charge in [0.2, 0.25) is 11.8 Å². The highest BCUT2D eigenvalue weighted by Crippen LogP contribution is 2.33. The Morgan fingerprint density at radius 1 is 1.11 bits per heavy atom. The summed E-state index contributed by atoms with van der Waals surface area (Å²) in [6.07, 6.45) is 1.97. The highest BCUT2D eigenvalue weighted by Gasteiger charge is 2.29. The normalized spacial score (nSPS) is 17.7. The maximum Gasteiger partial charge on any atom is 0.306 e. The summed E-state index contributed by atoms with van der Waals surface area (Å²) >= 11 is 12.0. The quantitative estimate of drug-likeness (QED) is 0.267. The molecule has 0 spiro atoms. The Bertz CT molecular complexity index is 1350. The number of aromatic nitrogens is 2. The number of amides is 1. The molecule has 0 bridgehead atoms. The number of halogens is 2. The molecule has 182 valence electrons. The molecule has 2 atom stereocenters. The number of rotatable bonds is 6. The molecule has 1 aliphatic carbocycles. The lowest BCUT2D eigenvalue weighted by molar-refractivity contribution is -0.384. The first-order valence-corrected chi connectivity index (χ1v) is 11.3. The molecule has 4 rings (SSSR count). The van der Waals surface area contributed by atoms with Gasteiger partial charge in [0, 0.05) is 23.9 Å². The molecule has 3 aromatic rings. The molecule has 1 fully saturated rings. The van der Waals surface area contributed by atoms with Crippen LogP contribution in [0.4, 0.5) is 17.3 Å². The molecular weight excluding hydrogens is 501 g/mol. The molecule has 1 heterocycles. The number of carboxylic acid groups (broad SMARTS) is 1. The predicted octanol–water partition coefficient (Wildman–Crippen LogP) is 4.67. The van der Waals surface area contributed by atoms with E-state index in [0.29, 0.717) is 30.0 Å². The zero-order valence-corrected chi connectivity index (χ0v) is 19.5. The molecule has 4 N–H and O–H groups in total. The molecule has 11 nitrogen and oxygen atoms in total. The maximum atomic E-state index is 13.2. The number of non-ortho nitro benzene ring substituents is 1. The van der Waals surface area contributed by atoms with E-state index in [-0.39, 0.29) is 33.9 Å². The number of nitro groups is 1. The number of carbonyl (C=O) groups excluding carboxylic acids is 1. The number of aliphatic carboxylic acids is 1. The van der Waals surface area contributed by atoms with Gasteiger partial charge in [0.15, 0.2) is 0 Å². The van der Waals surface area contributed by atoms with E-state index in [1.165, 1.54) is 6.07 Å². The number of hydrogen-bond donors (Lipinski definition) is 4. The first kappa shape index (κ1) is 24.4. The molecule has 2 unspecified atom stereocenters. The summed E-state index contributed by atoms with van der Waals surface area (Å²) in [5, 5.41) is 37.4. The Morgan fingerprint density at radius 3 is 2.57 bits per heavy atom. The van der Waals surface area contributed by atoms with E-state index >= 15 is 0 Å². The molecule has 1 aromatic heterocycles. The van der Waals surface area contributed by atoms with Crippen LogP contribution in [0.15, 0.2) is 30.3 Å². The van der Waals surface area contributed by atoms with Crippen LogP contribution < -0.4 is 10.6 Å². The SMILES string of the molecule is O=C(NC1CCCC(C(=O)O)C1)c1cc([N+](=O)[O-])cc2c(O)nc(Nc3ccc(Cl)c(Cl)c3)nc12. The highest BCUT2D eigenvalue weighted by molar-refractivity contribution is 6.42. The molecule has 0 radical (unpaired) electrons. The van der Waals surface area contributed by atoms with Gasteiger partial charge in [0.1, 0.15) is 0 Å². The van der Waals surface area contributed by atoms with Gasteiger partial charge < -0.3 is 20.8 Å². The van der Waals surface area contributed by atoms with Gasteiger partial charge in [-0.05, 0) is 37.5 Å². The number of carbonyl (C=O) groups is 2. The Balaban J connectivity index is 1.72. The van der Waals surface area contributed by atoms with Gasteiger partial charge in [-0.15, -0.1) is 0 Å². The summed E-state index contributed by atoms with van der Waals surface area (Å²) in [7, 11) is 0. The monoisotopic (exact) mass is 519 g/mol. The summed E-state index contributed by atoms with van der Waals surface area (Å²) in [5.41, 5.74) is -0.151. The second-order valence-electron chi connectivity index (χ2n) is 8.14. The summed E-state index contributed by atoms with van der Waals surface area (Å²) < 4.78 is 0. The van der Waals surface area contributed by atoms with Crippen molar-refractivity contribution in [2.24, 2.45) is 5.92 Å². The van der Waals surface area contributed by atoms with E-state index in [9.17, 15) is 29.9 Å². The summed E-state index contributed by atoms with van der Waals surface area (Å²) in [5.74, 6) is -2.84. The van der Waals surface area contributed by atoms with Crippen LogP contribution in [0.5, 0.6) is 5.88 Å². The van der Waals surface area contributed by atoms with Crippen molar-refractivity contribution in [1.82, 2.24) is 15.3 Å². The van der Waals surface area contributed by atoms with Crippen molar-refractivity contribution in [3.63, 3.8) is 0 Å². The summed E-state index contributed by atoms with van der Waals surface area (Å²) in [6.45, 7) is 0. The Morgan fingerprint density at radius 2 is 1.89 bits per heavy atom. The molecule has 1 aliphatic rings. The number of benzene rings is 2. The van der Waals surface area contributed by atoms with E-state index in [1.807, 2.05) is 0 Å². The number of aromatic hydroxyl groups is 1. The number of nitro benzene ring substituents is 1. The number of fused-ring (bicyclic) bond motifs is 1. The fraction of sp³-hybridized carbons (Fsp3) is 0.273. The highest BCUT2D eigenvalue weighted by atomic mass is 35.5. The molecule has 35 heavy (non-hydrogen) atoms. The van der Waals surface area contributed by atoms with Crippen molar-refractivity contribution >= 4 is 63.3 Å². The van der Waals surface area contributed by atoms with Crippen molar-refractivity contribution in [2.45, 2.75) is 31.7 Å². The number of carboxylic acids is 1. The molecular formula is C22H19Cl2N5O6. The van der Waals surface area contributed by atoms with E-state index < -0.39 is 40.3 Å². The number of hydrogen-bond acceptors (Lipinski definition) is 8. The van der Waals surface area contributed by atoms with Gasteiger partial charge in [-0.2, -0.15) is 4.98 Å². The van der Waals surface area contributed by atoms with Gasteiger partial charge in [-0.1, -0.05) is 29.6 Å². The van der Waals surface area contributed by atoms with Crippen LogP contribution in [0.2, 0.25) is 10.0 Å². The van der Waals surface area contributed by atoms with Crippen molar-refractivity contribution in [3.8, 4) is 5.88 Å². The first-order chi connectivity index (χ1) is 16.6. The third kappa shape index (κ3) is 5.36. The Hall–Kier alpha value is -3.70. The Labute approximate surface area is 208 Å². The predicted molar refractivity (Wildman–Crippen MR) is 128 cm³/mol. The smallest absolute Gasteiger partial charge is 0.306 e. The van der Waals surface area contributed by atoms with Crippen molar-refractivity contribution in [2.75, 3.05) is 5.32 Å². The van der Waals surface area contributed by atoms with Gasteiger partial charge in [-0.3, -0.25) is 19.7 Å². The zero-order valence-electron chi connectivity index (χ0n) is 18.0. The summed E-state index contributed by atoms with van der Waals surface area (Å²) in [4.78, 5) is 43.5. The van der Waals surface area contributed by atoms with E-state index in [1.54, 1.807) is 12.1 Å². The van der Waals surface area contributed by atoms with E-state index in [2.05, 4.69) is 20.6 Å². The fourth-order valence-corrected chi connectivity index (χ4v) is 4.35. The van der Waals surface area contributed by atoms with Crippen LogP contribution >= 0.6 is 23.2 Å². The van der Waals surface area contributed by atoms with Gasteiger partial charge in [0.25, 0.3) is 11.6 Å². The molecule has 1 amide bonds. The second kappa shape index (κ2) is 9.88. The van der Waals surface area contributed by atoms with Crippen LogP contribution in [0, 0.1) is 16.0 Å². The minimum Gasteiger partial charge on any atom is -0.493 e. The molecule has 13 heteroatoms. The lowest BCUT2D eigenvalue weighted by atomic mass is 9.85. The average molecular weight is 520 g/mol. The Kier molecular flexibility index (Phi) is 6.90. The first-order valence-electron chi connectivity index (χ1n) is 10.6. The lowest BCUT2D eigenvalue weighted by Crippen LogP contribution is -2.40. The van der Waals surface area contributed by atoms with Crippen molar-refractivity contribution in [3.05, 3.63) is 56.1 Å². The standard InChI is InChI=1S/C22H19Cl2N5O6/c23-16-5-4-12(7-17(16)24)26-22-27-18-14(8-13(29(34)35)9-15(18)20(31)28-22)19(30)25-11-3-1-2-10(6-11)21(32)33/h4-5,7-11H,1-3,6H2,(H,25,30)(H,32,33)(H2,26,27,28,31). The topological polar surface area (TPSA) is 168 Å². The third-order valence-electron chi connectivity index (χ3n) is 5.75. The van der Waals surface area contributed by atoms with Gasteiger partial charge in [-0.25, -0.2) is 4.98 Å². The van der Waals surface area contributed by atoms with Crippen LogP contribution in [0.3, 0.4) is 0 Å². The third-order valence-corrected chi connectivity index (χ3v) is 6.49. The lowest BCUT2D eigenvalue weighted by Gasteiger charge is -2.27. The van der Waals surface area contributed by atoms with Crippen molar-refractivity contribution < 1.29 is 24.7 Å². The van der Waals surface area contributed by atoms with Gasteiger partial charge in [0.05, 0.1) is 37.4 Å². The van der Waals surface area contributed by atoms with E-state index in [4.69, 9.17) is 23.2 Å². The largest absolute Gasteiger partial charge is 0.493 e. The minimum atomic E-state index is -0.930. The van der Waals surface area contributed by atoms with Gasteiger partial charge >= 0.3 is 5.97 Å². The number of anilines is 2. The summed E-state index contributed by atoms with van der Waals surface area (Å²) in [6, 6.07) is 6.38. The molecule has 1 saturated carbocycles. The average Bonchev–Trinajstić information content (AvgIpc) is 2.81.